The Kier molecular flexibility index (Phi) is 7.71. The number of pyridine rings is 1. The van der Waals surface area contributed by atoms with Crippen molar-refractivity contribution in [2.45, 2.75) is 38.2 Å². The Morgan fingerprint density at radius 3 is 2.38 bits per heavy atom. The van der Waals surface area contributed by atoms with Gasteiger partial charge in [-0.05, 0) is 43.9 Å². The van der Waals surface area contributed by atoms with E-state index in [4.69, 9.17) is 5.73 Å². The van der Waals surface area contributed by atoms with Gasteiger partial charge in [0.2, 0.25) is 0 Å². The van der Waals surface area contributed by atoms with E-state index in [1.54, 1.807) is 0 Å². The summed E-state index contributed by atoms with van der Waals surface area (Å²) in [4.78, 5) is 6.42. The van der Waals surface area contributed by atoms with Gasteiger partial charge in [0.05, 0.1) is 5.69 Å². The van der Waals surface area contributed by atoms with Gasteiger partial charge in [-0.1, -0.05) is 0 Å². The van der Waals surface area contributed by atoms with Crippen LogP contribution in [0.15, 0.2) is 18.3 Å². The van der Waals surface area contributed by atoms with Crippen LogP contribution in [-0.2, 0) is 0 Å². The van der Waals surface area contributed by atoms with Crippen molar-refractivity contribution in [1.29, 1.82) is 0 Å². The molecule has 7 nitrogen and oxygen atoms in total. The number of hydrogen-bond donors (Lipinski definition) is 1. The van der Waals surface area contributed by atoms with Crippen molar-refractivity contribution < 1.29 is 69.3 Å². The van der Waals surface area contributed by atoms with E-state index in [0.717, 1.165) is 31.9 Å². The zero-order valence-corrected chi connectivity index (χ0v) is 21.9. The van der Waals surface area contributed by atoms with Crippen molar-refractivity contribution in [2.75, 3.05) is 31.9 Å². The normalized spacial score (nSPS) is 25.0. The largest absolute Gasteiger partial charge is 1.00 e. The first-order valence-corrected chi connectivity index (χ1v) is 10.2. The minimum absolute atomic E-state index is 0. The number of rotatable bonds is 5. The maximum atomic E-state index is 12.7. The standard InChI is InChI=1S/C20H24F3N6O.CH3.K/c1-10(2)29-16(18-13-8-28(9-14(13)18)12-6-25-7-12)4-15(27-29)11-3-17(19(24)26-5-11)30-20(21,22)23;;/h3-5,10,12-14,18H,6-9H2,1-2H3,(H2,24,26);1H3;/q2*-1;+1. The summed E-state index contributed by atoms with van der Waals surface area (Å²) in [6, 6.07) is 3.99. The second-order valence-electron chi connectivity index (χ2n) is 8.70. The number of halogens is 3. The molecule has 1 saturated carbocycles. The van der Waals surface area contributed by atoms with Crippen LogP contribution >= 0.6 is 0 Å². The molecule has 0 radical (unpaired) electrons. The summed E-state index contributed by atoms with van der Waals surface area (Å²) in [6.45, 7) is 8.18. The Morgan fingerprint density at radius 1 is 1.19 bits per heavy atom. The van der Waals surface area contributed by atoms with Gasteiger partial charge >= 0.3 is 57.7 Å². The summed E-state index contributed by atoms with van der Waals surface area (Å²) in [7, 11) is 0. The third-order valence-corrected chi connectivity index (χ3v) is 6.42. The van der Waals surface area contributed by atoms with E-state index in [-0.39, 0.29) is 70.7 Å². The summed E-state index contributed by atoms with van der Waals surface area (Å²) in [5, 5.41) is 9.01. The minimum Gasteiger partial charge on any atom is -0.660 e. The fraction of sp³-hybridized carbons (Fsp3) is 0.571. The first-order chi connectivity index (χ1) is 14.2. The predicted octanol–water partition coefficient (Wildman–Crippen LogP) is 0.862. The van der Waals surface area contributed by atoms with Crippen LogP contribution < -0.4 is 61.9 Å². The molecule has 32 heavy (non-hydrogen) atoms. The number of nitrogen functional groups attached to an aromatic ring is 1. The summed E-state index contributed by atoms with van der Waals surface area (Å²) >= 11 is 0. The number of piperidine rings is 1. The number of fused-ring (bicyclic) bond motifs is 1. The molecule has 2 atom stereocenters. The van der Waals surface area contributed by atoms with E-state index in [1.807, 2.05) is 10.7 Å². The maximum absolute atomic E-state index is 12.7. The smallest absolute Gasteiger partial charge is 0.660 e. The van der Waals surface area contributed by atoms with Crippen LogP contribution in [-0.4, -0.2) is 58.2 Å². The molecule has 3 fully saturated rings. The van der Waals surface area contributed by atoms with Crippen LogP contribution in [0.3, 0.4) is 0 Å². The molecule has 1 aliphatic carbocycles. The Labute approximate surface area is 228 Å². The van der Waals surface area contributed by atoms with Crippen molar-refractivity contribution >= 4 is 5.82 Å². The Bertz CT molecular complexity index is 949. The summed E-state index contributed by atoms with van der Waals surface area (Å²) < 4.78 is 44.0. The quantitative estimate of drug-likeness (QED) is 0.513. The molecule has 2 N–H and O–H groups in total. The molecule has 170 valence electrons. The molecule has 0 amide bonds. The molecule has 2 aliphatic heterocycles. The van der Waals surface area contributed by atoms with Gasteiger partial charge < -0.3 is 28.1 Å². The number of ether oxygens (including phenoxy) is 1. The van der Waals surface area contributed by atoms with E-state index in [0.29, 0.717) is 35.1 Å². The number of hydrogen-bond acceptors (Lipinski definition) is 5. The first-order valence-electron chi connectivity index (χ1n) is 10.2. The van der Waals surface area contributed by atoms with Gasteiger partial charge in [-0.2, -0.15) is 5.10 Å². The monoisotopic (exact) mass is 475 g/mol. The molecule has 2 aromatic heterocycles. The van der Waals surface area contributed by atoms with Gasteiger partial charge in [-0.3, -0.25) is 4.68 Å². The molecule has 4 heterocycles. The maximum Gasteiger partial charge on any atom is 1.00 e. The fourth-order valence-electron chi connectivity index (χ4n) is 4.79. The molecule has 2 unspecified atom stereocenters. The molecular weight excluding hydrogens is 448 g/mol. The molecule has 0 bridgehead atoms. The third-order valence-electron chi connectivity index (χ3n) is 6.42. The Hall–Kier alpha value is -0.694. The van der Waals surface area contributed by atoms with Crippen molar-refractivity contribution in [3.63, 3.8) is 0 Å². The molecule has 0 spiro atoms. The van der Waals surface area contributed by atoms with Gasteiger partial charge in [-0.25, -0.2) is 4.98 Å². The van der Waals surface area contributed by atoms with Crippen LogP contribution in [0.5, 0.6) is 5.75 Å². The zero-order valence-electron chi connectivity index (χ0n) is 18.8. The average molecular weight is 476 g/mol. The number of aromatic nitrogens is 3. The SMILES string of the molecule is CC(C)n1nc(-c2cnc(N)c(OC(F)(F)F)c2)cc1C1C2CN(C3C[N-]C3)CC21.[CH3-].[K+]. The van der Waals surface area contributed by atoms with Crippen molar-refractivity contribution in [2.24, 2.45) is 11.8 Å². The molecular formula is C21H27F3KN6O-. The number of anilines is 1. The van der Waals surface area contributed by atoms with Gasteiger partial charge in [0.25, 0.3) is 0 Å². The van der Waals surface area contributed by atoms with Crippen LogP contribution in [0.25, 0.3) is 16.6 Å². The number of nitrogens with two attached hydrogens (primary N) is 1. The van der Waals surface area contributed by atoms with Crippen LogP contribution in [0, 0.1) is 19.3 Å². The molecule has 2 saturated heterocycles. The third kappa shape index (κ3) is 4.89. The first kappa shape index (κ1) is 25.9. The summed E-state index contributed by atoms with van der Waals surface area (Å²) in [5.74, 6) is 0.849. The molecule has 3 aliphatic rings. The van der Waals surface area contributed by atoms with E-state index < -0.39 is 12.1 Å². The van der Waals surface area contributed by atoms with Crippen LogP contribution in [0.4, 0.5) is 19.0 Å². The fourth-order valence-corrected chi connectivity index (χ4v) is 4.79. The van der Waals surface area contributed by atoms with Gasteiger partial charge in [-0.15, -0.1) is 26.3 Å². The van der Waals surface area contributed by atoms with E-state index in [1.165, 1.54) is 12.3 Å². The van der Waals surface area contributed by atoms with Crippen molar-refractivity contribution in [3.8, 4) is 17.0 Å². The Morgan fingerprint density at radius 2 is 1.84 bits per heavy atom. The molecule has 2 aromatic rings. The zero-order chi connectivity index (χ0) is 21.2. The molecule has 11 heteroatoms. The second-order valence-corrected chi connectivity index (χ2v) is 8.70. The van der Waals surface area contributed by atoms with Gasteiger partial charge in [0.15, 0.2) is 11.6 Å². The van der Waals surface area contributed by atoms with E-state index >= 15 is 0 Å². The predicted molar refractivity (Wildman–Crippen MR) is 112 cm³/mol. The topological polar surface area (TPSA) is 83.3 Å². The summed E-state index contributed by atoms with van der Waals surface area (Å²) in [5.41, 5.74) is 7.73. The van der Waals surface area contributed by atoms with E-state index in [9.17, 15) is 13.2 Å². The Balaban J connectivity index is 0.00000144. The van der Waals surface area contributed by atoms with Crippen molar-refractivity contribution in [3.05, 3.63) is 36.8 Å². The molecule has 0 aromatic carbocycles. The van der Waals surface area contributed by atoms with Gasteiger partial charge in [0.1, 0.15) is 0 Å². The average Bonchev–Trinajstić information content (AvgIpc) is 2.97. The van der Waals surface area contributed by atoms with Crippen LogP contribution in [0.1, 0.15) is 31.5 Å². The van der Waals surface area contributed by atoms with E-state index in [2.05, 4.69) is 38.9 Å². The number of nitrogens with zero attached hydrogens (tertiary/aromatic N) is 5. The minimum atomic E-state index is -4.83. The number of alkyl halides is 3. The van der Waals surface area contributed by atoms with Crippen molar-refractivity contribution in [1.82, 2.24) is 19.7 Å². The molecule has 5 rings (SSSR count). The van der Waals surface area contributed by atoms with Gasteiger partial charge in [0, 0.05) is 42.5 Å². The summed E-state index contributed by atoms with van der Waals surface area (Å²) in [6.07, 6.45) is -3.40. The number of likely N-dealkylation sites (tertiary alicyclic amines) is 1. The van der Waals surface area contributed by atoms with Crippen LogP contribution in [0.2, 0.25) is 0 Å². The second kappa shape index (κ2) is 9.51.